The van der Waals surface area contributed by atoms with Crippen LogP contribution < -0.4 is 9.47 Å². The normalized spacial score (nSPS) is 10.6. The first-order chi connectivity index (χ1) is 12.5. The maximum absolute atomic E-state index is 12.9. The highest BCUT2D eigenvalue weighted by molar-refractivity contribution is 5.98. The smallest absolute Gasteiger partial charge is 0.348 e. The standard InChI is InChI=1S/C19H14FNO5/c1-24-17-10-12(9-14(11-21)18(22)25-2)3-8-16(17)26-19(23)13-4-6-15(20)7-5-13/h3-10H,1-2H3. The van der Waals surface area contributed by atoms with Crippen molar-refractivity contribution < 1.29 is 28.2 Å². The van der Waals surface area contributed by atoms with Crippen molar-refractivity contribution in [3.05, 3.63) is 65.0 Å². The molecule has 0 radical (unpaired) electrons. The van der Waals surface area contributed by atoms with Gasteiger partial charge in [0, 0.05) is 0 Å². The van der Waals surface area contributed by atoms with Crippen molar-refractivity contribution in [1.82, 2.24) is 0 Å². The number of carbonyl (C=O) groups is 2. The highest BCUT2D eigenvalue weighted by Crippen LogP contribution is 2.29. The summed E-state index contributed by atoms with van der Waals surface area (Å²) in [6.45, 7) is 0. The minimum atomic E-state index is -0.765. The molecule has 0 bridgehead atoms. The molecule has 2 aromatic rings. The topological polar surface area (TPSA) is 85.6 Å². The average molecular weight is 355 g/mol. The van der Waals surface area contributed by atoms with Crippen molar-refractivity contribution >= 4 is 18.0 Å². The second kappa shape index (κ2) is 8.44. The van der Waals surface area contributed by atoms with Gasteiger partial charge in [-0.15, -0.1) is 0 Å². The van der Waals surface area contributed by atoms with E-state index >= 15 is 0 Å². The Bertz CT molecular complexity index is 897. The van der Waals surface area contributed by atoms with E-state index in [2.05, 4.69) is 4.74 Å². The Morgan fingerprint density at radius 1 is 1.08 bits per heavy atom. The molecule has 0 aliphatic heterocycles. The molecule has 132 valence electrons. The fourth-order valence-electron chi connectivity index (χ4n) is 2.02. The zero-order chi connectivity index (χ0) is 19.1. The van der Waals surface area contributed by atoms with E-state index in [0.717, 1.165) is 12.1 Å². The van der Waals surface area contributed by atoms with Crippen molar-refractivity contribution in [3.8, 4) is 17.6 Å². The number of halogens is 1. The van der Waals surface area contributed by atoms with Crippen LogP contribution in [0.5, 0.6) is 11.5 Å². The predicted octanol–water partition coefficient (Wildman–Crippen LogP) is 3.13. The zero-order valence-electron chi connectivity index (χ0n) is 14.0. The number of benzene rings is 2. The molecule has 2 aromatic carbocycles. The highest BCUT2D eigenvalue weighted by Gasteiger charge is 2.14. The van der Waals surface area contributed by atoms with Gasteiger partial charge in [0.05, 0.1) is 19.8 Å². The van der Waals surface area contributed by atoms with Gasteiger partial charge in [-0.1, -0.05) is 6.07 Å². The van der Waals surface area contributed by atoms with E-state index in [9.17, 15) is 14.0 Å². The first-order valence-corrected chi connectivity index (χ1v) is 7.34. The van der Waals surface area contributed by atoms with Crippen molar-refractivity contribution in [2.45, 2.75) is 0 Å². The van der Waals surface area contributed by atoms with Gasteiger partial charge >= 0.3 is 11.9 Å². The van der Waals surface area contributed by atoms with E-state index in [-0.39, 0.29) is 22.6 Å². The van der Waals surface area contributed by atoms with Gasteiger partial charge in [-0.25, -0.2) is 14.0 Å². The van der Waals surface area contributed by atoms with Gasteiger partial charge in [-0.2, -0.15) is 5.26 Å². The van der Waals surface area contributed by atoms with Crippen LogP contribution in [0.25, 0.3) is 6.08 Å². The molecule has 0 spiro atoms. The number of nitrogens with zero attached hydrogens (tertiary/aromatic N) is 1. The van der Waals surface area contributed by atoms with Crippen molar-refractivity contribution in [3.63, 3.8) is 0 Å². The second-order valence-corrected chi connectivity index (χ2v) is 4.97. The van der Waals surface area contributed by atoms with E-state index in [4.69, 9.17) is 14.7 Å². The maximum atomic E-state index is 12.9. The Labute approximate surface area is 149 Å². The molecule has 6 nitrogen and oxygen atoms in total. The third-order valence-electron chi connectivity index (χ3n) is 3.31. The number of rotatable bonds is 5. The lowest BCUT2D eigenvalue weighted by Crippen LogP contribution is -2.09. The van der Waals surface area contributed by atoms with Crippen LogP contribution in [-0.2, 0) is 9.53 Å². The van der Waals surface area contributed by atoms with Gasteiger partial charge in [0.1, 0.15) is 17.5 Å². The number of nitriles is 1. The first kappa shape index (κ1) is 18.7. The van der Waals surface area contributed by atoms with E-state index in [1.54, 1.807) is 6.07 Å². The summed E-state index contributed by atoms with van der Waals surface area (Å²) in [5.41, 5.74) is 0.464. The zero-order valence-corrected chi connectivity index (χ0v) is 14.0. The van der Waals surface area contributed by atoms with Gasteiger partial charge in [-0.05, 0) is 48.0 Å². The van der Waals surface area contributed by atoms with Crippen LogP contribution >= 0.6 is 0 Å². The predicted molar refractivity (Wildman–Crippen MR) is 90.0 cm³/mol. The SMILES string of the molecule is COC(=O)C(C#N)=Cc1ccc(OC(=O)c2ccc(F)cc2)c(OC)c1. The maximum Gasteiger partial charge on any atom is 0.348 e. The van der Waals surface area contributed by atoms with Crippen LogP contribution in [0.2, 0.25) is 0 Å². The molecule has 0 saturated carbocycles. The van der Waals surface area contributed by atoms with Crippen LogP contribution in [0.3, 0.4) is 0 Å². The quantitative estimate of drug-likeness (QED) is 0.354. The Kier molecular flexibility index (Phi) is 6.06. The van der Waals surface area contributed by atoms with Gasteiger partial charge < -0.3 is 14.2 Å². The number of hydrogen-bond acceptors (Lipinski definition) is 6. The molecule has 0 aliphatic carbocycles. The minimum absolute atomic E-state index is 0.135. The van der Waals surface area contributed by atoms with Crippen LogP contribution in [-0.4, -0.2) is 26.2 Å². The molecule has 0 aromatic heterocycles. The summed E-state index contributed by atoms with van der Waals surface area (Å²) in [4.78, 5) is 23.6. The van der Waals surface area contributed by atoms with Crippen LogP contribution in [0.15, 0.2) is 48.0 Å². The van der Waals surface area contributed by atoms with Gasteiger partial charge in [0.25, 0.3) is 0 Å². The van der Waals surface area contributed by atoms with Crippen molar-refractivity contribution in [1.29, 1.82) is 5.26 Å². The largest absolute Gasteiger partial charge is 0.493 e. The fourth-order valence-corrected chi connectivity index (χ4v) is 2.02. The van der Waals surface area contributed by atoms with Crippen LogP contribution in [0, 0.1) is 17.1 Å². The van der Waals surface area contributed by atoms with Gasteiger partial charge in [-0.3, -0.25) is 0 Å². The third-order valence-corrected chi connectivity index (χ3v) is 3.31. The molecular formula is C19H14FNO5. The molecule has 0 unspecified atom stereocenters. The lowest BCUT2D eigenvalue weighted by Gasteiger charge is -2.10. The lowest BCUT2D eigenvalue weighted by molar-refractivity contribution is -0.135. The van der Waals surface area contributed by atoms with E-state index < -0.39 is 17.8 Å². The highest BCUT2D eigenvalue weighted by atomic mass is 19.1. The van der Waals surface area contributed by atoms with Crippen molar-refractivity contribution in [2.75, 3.05) is 14.2 Å². The number of carbonyl (C=O) groups excluding carboxylic acids is 2. The summed E-state index contributed by atoms with van der Waals surface area (Å²) >= 11 is 0. The number of hydrogen-bond donors (Lipinski definition) is 0. The minimum Gasteiger partial charge on any atom is -0.493 e. The van der Waals surface area contributed by atoms with Crippen LogP contribution in [0.1, 0.15) is 15.9 Å². The summed E-state index contributed by atoms with van der Waals surface area (Å²) < 4.78 is 27.9. The molecular weight excluding hydrogens is 341 g/mol. The monoisotopic (exact) mass is 355 g/mol. The van der Waals surface area contributed by atoms with Crippen LogP contribution in [0.4, 0.5) is 4.39 Å². The molecule has 0 aliphatic rings. The molecule has 0 amide bonds. The molecule has 0 heterocycles. The summed E-state index contributed by atoms with van der Waals surface area (Å²) in [7, 11) is 2.55. The summed E-state index contributed by atoms with van der Waals surface area (Å²) in [5, 5.41) is 8.99. The fraction of sp³-hybridized carbons (Fsp3) is 0.105. The van der Waals surface area contributed by atoms with Gasteiger partial charge in [0.15, 0.2) is 11.5 Å². The van der Waals surface area contributed by atoms with E-state index in [0.29, 0.717) is 5.56 Å². The average Bonchev–Trinajstić information content (AvgIpc) is 2.66. The molecule has 0 saturated heterocycles. The molecule has 0 N–H and O–H groups in total. The third kappa shape index (κ3) is 4.45. The Morgan fingerprint density at radius 3 is 2.35 bits per heavy atom. The summed E-state index contributed by atoms with van der Waals surface area (Å²) in [5.74, 6) is -1.56. The molecule has 0 fully saturated rings. The molecule has 26 heavy (non-hydrogen) atoms. The number of ether oxygens (including phenoxy) is 3. The van der Waals surface area contributed by atoms with Crippen molar-refractivity contribution in [2.24, 2.45) is 0 Å². The first-order valence-electron chi connectivity index (χ1n) is 7.34. The summed E-state index contributed by atoms with van der Waals surface area (Å²) in [6, 6.07) is 11.1. The van der Waals surface area contributed by atoms with E-state index in [1.165, 1.54) is 50.6 Å². The molecule has 7 heteroatoms. The Balaban J connectivity index is 2.27. The Morgan fingerprint density at radius 2 is 1.77 bits per heavy atom. The second-order valence-electron chi connectivity index (χ2n) is 4.97. The van der Waals surface area contributed by atoms with Gasteiger partial charge in [0.2, 0.25) is 0 Å². The summed E-state index contributed by atoms with van der Waals surface area (Å²) in [6.07, 6.45) is 1.32. The number of esters is 2. The molecule has 2 rings (SSSR count). The lowest BCUT2D eigenvalue weighted by atomic mass is 10.1. The molecule has 0 atom stereocenters. The van der Waals surface area contributed by atoms with E-state index in [1.807, 2.05) is 0 Å². The Hall–Kier alpha value is -3.66. The number of methoxy groups -OCH3 is 2.